The summed E-state index contributed by atoms with van der Waals surface area (Å²) in [5, 5.41) is 0. The predicted molar refractivity (Wildman–Crippen MR) is 68.0 cm³/mol. The standard InChI is InChI=1S/C8H8.C6H10O2/c1-2-8-6-4-3-5-7-8;1-4-5(2)6(7)8-3/h2-7H,1H2;4H,1-3H3/b;5-4+. The molecule has 0 bridgehead atoms. The van der Waals surface area contributed by atoms with Crippen LogP contribution in [0.4, 0.5) is 0 Å². The minimum absolute atomic E-state index is 0.257. The Morgan fingerprint density at radius 1 is 1.31 bits per heavy atom. The Morgan fingerprint density at radius 3 is 2.12 bits per heavy atom. The summed E-state index contributed by atoms with van der Waals surface area (Å²) in [4.78, 5) is 10.5. The summed E-state index contributed by atoms with van der Waals surface area (Å²) in [6.07, 6.45) is 3.55. The summed E-state index contributed by atoms with van der Waals surface area (Å²) < 4.78 is 4.40. The van der Waals surface area contributed by atoms with E-state index in [2.05, 4.69) is 11.3 Å². The van der Waals surface area contributed by atoms with E-state index in [1.807, 2.05) is 36.4 Å². The van der Waals surface area contributed by atoms with Crippen LogP contribution in [0.15, 0.2) is 48.6 Å². The number of hydrogen-bond donors (Lipinski definition) is 0. The highest BCUT2D eigenvalue weighted by Gasteiger charge is 1.98. The Bertz CT molecular complexity index is 350. The second-order valence-electron chi connectivity index (χ2n) is 3.08. The second kappa shape index (κ2) is 8.48. The molecule has 0 fully saturated rings. The lowest BCUT2D eigenvalue weighted by Crippen LogP contribution is -2.00. The molecular weight excluding hydrogens is 200 g/mol. The van der Waals surface area contributed by atoms with Crippen molar-refractivity contribution in [2.45, 2.75) is 13.8 Å². The van der Waals surface area contributed by atoms with Gasteiger partial charge in [-0.2, -0.15) is 0 Å². The zero-order valence-corrected chi connectivity index (χ0v) is 10.1. The molecule has 16 heavy (non-hydrogen) atoms. The van der Waals surface area contributed by atoms with Crippen molar-refractivity contribution in [3.8, 4) is 0 Å². The highest BCUT2D eigenvalue weighted by molar-refractivity contribution is 5.87. The highest BCUT2D eigenvalue weighted by Crippen LogP contribution is 1.97. The molecule has 0 saturated carbocycles. The number of hydrogen-bond acceptors (Lipinski definition) is 2. The monoisotopic (exact) mass is 218 g/mol. The molecule has 2 heteroatoms. The van der Waals surface area contributed by atoms with Crippen molar-refractivity contribution in [1.82, 2.24) is 0 Å². The number of carbonyl (C=O) groups is 1. The Labute approximate surface area is 97.3 Å². The van der Waals surface area contributed by atoms with E-state index in [1.54, 1.807) is 19.9 Å². The first-order valence-electron chi connectivity index (χ1n) is 5.04. The van der Waals surface area contributed by atoms with Gasteiger partial charge < -0.3 is 4.74 Å². The quantitative estimate of drug-likeness (QED) is 0.561. The lowest BCUT2D eigenvalue weighted by atomic mass is 10.2. The Kier molecular flexibility index (Phi) is 7.51. The van der Waals surface area contributed by atoms with Gasteiger partial charge >= 0.3 is 5.97 Å². The molecule has 0 unspecified atom stereocenters. The number of esters is 1. The fourth-order valence-electron chi connectivity index (χ4n) is 0.868. The molecule has 0 spiro atoms. The fraction of sp³-hybridized carbons (Fsp3) is 0.214. The molecule has 0 radical (unpaired) electrons. The average molecular weight is 218 g/mol. The maximum absolute atomic E-state index is 10.5. The molecule has 0 amide bonds. The van der Waals surface area contributed by atoms with E-state index in [-0.39, 0.29) is 5.97 Å². The maximum atomic E-state index is 10.5. The van der Waals surface area contributed by atoms with Crippen molar-refractivity contribution in [3.63, 3.8) is 0 Å². The first-order valence-corrected chi connectivity index (χ1v) is 5.04. The van der Waals surface area contributed by atoms with E-state index in [1.165, 1.54) is 12.7 Å². The van der Waals surface area contributed by atoms with Crippen LogP contribution < -0.4 is 0 Å². The van der Waals surface area contributed by atoms with Crippen molar-refractivity contribution < 1.29 is 9.53 Å². The van der Waals surface area contributed by atoms with Gasteiger partial charge in [-0.3, -0.25) is 0 Å². The smallest absolute Gasteiger partial charge is 0.333 e. The molecule has 2 nitrogen and oxygen atoms in total. The van der Waals surface area contributed by atoms with Crippen molar-refractivity contribution in [1.29, 1.82) is 0 Å². The van der Waals surface area contributed by atoms with Crippen LogP contribution in [0.2, 0.25) is 0 Å². The van der Waals surface area contributed by atoms with E-state index in [0.29, 0.717) is 5.57 Å². The van der Waals surface area contributed by atoms with E-state index >= 15 is 0 Å². The predicted octanol–water partition coefficient (Wildman–Crippen LogP) is 3.46. The lowest BCUT2D eigenvalue weighted by molar-refractivity contribution is -0.136. The fourth-order valence-corrected chi connectivity index (χ4v) is 0.868. The largest absolute Gasteiger partial charge is 0.466 e. The molecule has 0 N–H and O–H groups in total. The third kappa shape index (κ3) is 5.81. The highest BCUT2D eigenvalue weighted by atomic mass is 16.5. The topological polar surface area (TPSA) is 26.3 Å². The second-order valence-corrected chi connectivity index (χ2v) is 3.08. The first kappa shape index (κ1) is 14.2. The normalized spacial score (nSPS) is 9.81. The summed E-state index contributed by atoms with van der Waals surface area (Å²) in [7, 11) is 1.37. The van der Waals surface area contributed by atoms with Crippen LogP contribution in [0.5, 0.6) is 0 Å². The third-order valence-corrected chi connectivity index (χ3v) is 1.98. The molecule has 0 heterocycles. The number of benzene rings is 1. The van der Waals surface area contributed by atoms with Crippen LogP contribution in [0.1, 0.15) is 19.4 Å². The van der Waals surface area contributed by atoms with Crippen LogP contribution in [-0.2, 0) is 9.53 Å². The summed E-state index contributed by atoms with van der Waals surface area (Å²) in [6, 6.07) is 10.0. The van der Waals surface area contributed by atoms with Crippen LogP contribution in [0, 0.1) is 0 Å². The van der Waals surface area contributed by atoms with Gasteiger partial charge in [0.05, 0.1) is 7.11 Å². The number of ether oxygens (including phenoxy) is 1. The van der Waals surface area contributed by atoms with Crippen LogP contribution in [0.25, 0.3) is 6.08 Å². The van der Waals surface area contributed by atoms with Crippen molar-refractivity contribution in [3.05, 3.63) is 54.1 Å². The number of allylic oxidation sites excluding steroid dienone is 1. The molecule has 1 aromatic rings. The molecule has 1 aromatic carbocycles. The van der Waals surface area contributed by atoms with E-state index in [4.69, 9.17) is 0 Å². The van der Waals surface area contributed by atoms with Gasteiger partial charge in [-0.1, -0.05) is 49.1 Å². The van der Waals surface area contributed by atoms with Crippen LogP contribution >= 0.6 is 0 Å². The molecule has 0 saturated heterocycles. The molecule has 0 aliphatic carbocycles. The molecule has 0 aliphatic rings. The SMILES string of the molecule is C/C=C(\C)C(=O)OC.C=Cc1ccccc1. The summed E-state index contributed by atoms with van der Waals surface area (Å²) >= 11 is 0. The number of methoxy groups -OCH3 is 1. The molecule has 0 atom stereocenters. The molecule has 0 aromatic heterocycles. The number of carbonyl (C=O) groups excluding carboxylic acids is 1. The van der Waals surface area contributed by atoms with Gasteiger partial charge in [0.1, 0.15) is 0 Å². The average Bonchev–Trinajstić information content (AvgIpc) is 2.38. The Morgan fingerprint density at radius 2 is 1.88 bits per heavy atom. The third-order valence-electron chi connectivity index (χ3n) is 1.98. The van der Waals surface area contributed by atoms with Gasteiger partial charge in [0.25, 0.3) is 0 Å². The molecule has 86 valence electrons. The van der Waals surface area contributed by atoms with Crippen LogP contribution in [0.3, 0.4) is 0 Å². The van der Waals surface area contributed by atoms with Gasteiger partial charge in [0.15, 0.2) is 0 Å². The molecule has 0 aliphatic heterocycles. The van der Waals surface area contributed by atoms with Crippen molar-refractivity contribution in [2.75, 3.05) is 7.11 Å². The minimum Gasteiger partial charge on any atom is -0.466 e. The van der Waals surface area contributed by atoms with E-state index in [9.17, 15) is 4.79 Å². The zero-order chi connectivity index (χ0) is 12.4. The zero-order valence-electron chi connectivity index (χ0n) is 10.1. The minimum atomic E-state index is -0.257. The van der Waals surface area contributed by atoms with E-state index < -0.39 is 0 Å². The van der Waals surface area contributed by atoms with Crippen molar-refractivity contribution >= 4 is 12.0 Å². The van der Waals surface area contributed by atoms with Gasteiger partial charge in [0.2, 0.25) is 0 Å². The number of rotatable bonds is 2. The molecule has 1 rings (SSSR count). The summed E-state index contributed by atoms with van der Waals surface area (Å²) in [6.45, 7) is 7.14. The van der Waals surface area contributed by atoms with E-state index in [0.717, 1.165) is 0 Å². The Hall–Kier alpha value is -1.83. The van der Waals surface area contributed by atoms with Gasteiger partial charge in [0, 0.05) is 5.57 Å². The summed E-state index contributed by atoms with van der Waals surface area (Å²) in [5.41, 5.74) is 1.82. The Balaban J connectivity index is 0.000000281. The van der Waals surface area contributed by atoms with Crippen molar-refractivity contribution in [2.24, 2.45) is 0 Å². The maximum Gasteiger partial charge on any atom is 0.333 e. The van der Waals surface area contributed by atoms with Gasteiger partial charge in [-0.25, -0.2) is 4.79 Å². The first-order chi connectivity index (χ1) is 7.65. The summed E-state index contributed by atoms with van der Waals surface area (Å²) in [5.74, 6) is -0.257. The molecular formula is C14H18O2. The lowest BCUT2D eigenvalue weighted by Gasteiger charge is -1.93. The van der Waals surface area contributed by atoms with Crippen LogP contribution in [-0.4, -0.2) is 13.1 Å². The van der Waals surface area contributed by atoms with Gasteiger partial charge in [-0.15, -0.1) is 0 Å². The van der Waals surface area contributed by atoms with Gasteiger partial charge in [-0.05, 0) is 19.4 Å².